The third-order valence-electron chi connectivity index (χ3n) is 2.87. The molecule has 0 atom stereocenters. The van der Waals surface area contributed by atoms with Crippen molar-refractivity contribution in [2.45, 2.75) is 26.2 Å². The van der Waals surface area contributed by atoms with E-state index in [0.29, 0.717) is 17.2 Å². The van der Waals surface area contributed by atoms with E-state index in [2.05, 4.69) is 6.92 Å². The fourth-order valence-electron chi connectivity index (χ4n) is 1.62. The Bertz CT molecular complexity index is 407. The van der Waals surface area contributed by atoms with Crippen LogP contribution in [0.3, 0.4) is 0 Å². The Morgan fingerprint density at radius 1 is 1.44 bits per heavy atom. The molecule has 0 aliphatic rings. The number of methoxy groups -OCH3 is 1. The topological polar surface area (TPSA) is 29.5 Å². The van der Waals surface area contributed by atoms with Crippen LogP contribution in [0.25, 0.3) is 0 Å². The predicted molar refractivity (Wildman–Crippen MR) is 74.3 cm³/mol. The summed E-state index contributed by atoms with van der Waals surface area (Å²) in [6, 6.07) is 5.39. The van der Waals surface area contributed by atoms with Crippen molar-refractivity contribution in [3.8, 4) is 5.75 Å². The third kappa shape index (κ3) is 4.22. The number of carbonyl (C=O) groups is 1. The van der Waals surface area contributed by atoms with Crippen LogP contribution in [0.5, 0.6) is 5.75 Å². The van der Waals surface area contributed by atoms with Crippen LogP contribution in [0.15, 0.2) is 18.2 Å². The number of ether oxygens (including phenoxy) is 1. The Kier molecular flexibility index (Phi) is 5.99. The summed E-state index contributed by atoms with van der Waals surface area (Å²) in [7, 11) is 3.42. The van der Waals surface area contributed by atoms with Gasteiger partial charge in [0.1, 0.15) is 5.75 Å². The second kappa shape index (κ2) is 7.27. The fraction of sp³-hybridized carbons (Fsp3) is 0.500. The predicted octanol–water partition coefficient (Wildman–Crippen LogP) is 3.15. The molecule has 0 saturated heterocycles. The lowest BCUT2D eigenvalue weighted by Gasteiger charge is -2.17. The molecular formula is C14H20ClNO2. The van der Waals surface area contributed by atoms with E-state index in [1.165, 1.54) is 0 Å². The molecule has 1 aromatic rings. The summed E-state index contributed by atoms with van der Waals surface area (Å²) < 4.78 is 5.08. The number of unbranched alkanes of at least 4 members (excludes halogenated alkanes) is 1. The molecule has 18 heavy (non-hydrogen) atoms. The van der Waals surface area contributed by atoms with E-state index >= 15 is 0 Å². The Hall–Kier alpha value is -1.22. The van der Waals surface area contributed by atoms with E-state index in [1.807, 2.05) is 19.2 Å². The number of nitrogens with zero attached hydrogens (tertiary/aromatic N) is 1. The van der Waals surface area contributed by atoms with Crippen molar-refractivity contribution in [2.24, 2.45) is 0 Å². The summed E-state index contributed by atoms with van der Waals surface area (Å²) in [6.45, 7) is 2.90. The largest absolute Gasteiger partial charge is 0.497 e. The van der Waals surface area contributed by atoms with Gasteiger partial charge in [-0.2, -0.15) is 0 Å². The SMILES string of the molecule is CCCCN(C)C(=O)Cc1ccc(OC)cc1Cl. The zero-order chi connectivity index (χ0) is 13.5. The molecule has 0 unspecified atom stereocenters. The smallest absolute Gasteiger partial charge is 0.226 e. The molecule has 4 heteroatoms. The second-order valence-corrected chi connectivity index (χ2v) is 4.71. The number of hydrogen-bond acceptors (Lipinski definition) is 2. The van der Waals surface area contributed by atoms with Crippen molar-refractivity contribution < 1.29 is 9.53 Å². The molecule has 1 aromatic carbocycles. The number of likely N-dealkylation sites (N-methyl/N-ethyl adjacent to an activating group) is 1. The number of benzene rings is 1. The quantitative estimate of drug-likeness (QED) is 0.794. The van der Waals surface area contributed by atoms with E-state index in [-0.39, 0.29) is 5.91 Å². The highest BCUT2D eigenvalue weighted by Gasteiger charge is 2.11. The van der Waals surface area contributed by atoms with Crippen LogP contribution >= 0.6 is 11.6 Å². The van der Waals surface area contributed by atoms with Crippen LogP contribution in [0.4, 0.5) is 0 Å². The molecule has 1 amide bonds. The number of carbonyl (C=O) groups excluding carboxylic acids is 1. The van der Waals surface area contributed by atoms with Gasteiger partial charge in [-0.3, -0.25) is 4.79 Å². The molecule has 3 nitrogen and oxygen atoms in total. The van der Waals surface area contributed by atoms with E-state index in [1.54, 1.807) is 18.1 Å². The molecule has 1 rings (SSSR count). The normalized spacial score (nSPS) is 10.2. The van der Waals surface area contributed by atoms with Gasteiger partial charge in [-0.1, -0.05) is 31.0 Å². The van der Waals surface area contributed by atoms with Crippen molar-refractivity contribution in [1.29, 1.82) is 0 Å². The van der Waals surface area contributed by atoms with Gasteiger partial charge >= 0.3 is 0 Å². The van der Waals surface area contributed by atoms with Crippen molar-refractivity contribution in [1.82, 2.24) is 4.90 Å². The minimum Gasteiger partial charge on any atom is -0.497 e. The lowest BCUT2D eigenvalue weighted by molar-refractivity contribution is -0.129. The standard InChI is InChI=1S/C14H20ClNO2/c1-4-5-8-16(2)14(17)9-11-6-7-12(18-3)10-13(11)15/h6-7,10H,4-5,8-9H2,1-3H3. The van der Waals surface area contributed by atoms with Gasteiger partial charge in [0.15, 0.2) is 0 Å². The summed E-state index contributed by atoms with van der Waals surface area (Å²) in [5, 5.41) is 0.576. The van der Waals surface area contributed by atoms with Gasteiger partial charge in [0.05, 0.1) is 13.5 Å². The van der Waals surface area contributed by atoms with Crippen molar-refractivity contribution in [3.05, 3.63) is 28.8 Å². The van der Waals surface area contributed by atoms with Gasteiger partial charge in [0, 0.05) is 18.6 Å². The number of halogens is 1. The molecule has 0 N–H and O–H groups in total. The van der Waals surface area contributed by atoms with Gasteiger partial charge in [0.2, 0.25) is 5.91 Å². The van der Waals surface area contributed by atoms with Crippen LogP contribution in [0.2, 0.25) is 5.02 Å². The number of amides is 1. The van der Waals surface area contributed by atoms with Crippen molar-refractivity contribution >= 4 is 17.5 Å². The van der Waals surface area contributed by atoms with Crippen LogP contribution in [0, 0.1) is 0 Å². The molecule has 0 spiro atoms. The highest BCUT2D eigenvalue weighted by Crippen LogP contribution is 2.23. The van der Waals surface area contributed by atoms with E-state index < -0.39 is 0 Å². The Balaban J connectivity index is 2.64. The Labute approximate surface area is 114 Å². The molecule has 0 radical (unpaired) electrons. The molecule has 0 aliphatic carbocycles. The number of rotatable bonds is 6. The Morgan fingerprint density at radius 2 is 2.17 bits per heavy atom. The zero-order valence-corrected chi connectivity index (χ0v) is 12.0. The highest BCUT2D eigenvalue weighted by molar-refractivity contribution is 6.31. The van der Waals surface area contributed by atoms with Crippen LogP contribution in [-0.4, -0.2) is 31.5 Å². The molecule has 0 fully saturated rings. The maximum atomic E-state index is 12.0. The van der Waals surface area contributed by atoms with Crippen molar-refractivity contribution in [2.75, 3.05) is 20.7 Å². The first-order chi connectivity index (χ1) is 8.58. The molecular weight excluding hydrogens is 250 g/mol. The zero-order valence-electron chi connectivity index (χ0n) is 11.2. The summed E-state index contributed by atoms with van der Waals surface area (Å²) in [6.07, 6.45) is 2.45. The highest BCUT2D eigenvalue weighted by atomic mass is 35.5. The van der Waals surface area contributed by atoms with Crippen LogP contribution < -0.4 is 4.74 Å². The van der Waals surface area contributed by atoms with E-state index in [0.717, 1.165) is 24.9 Å². The molecule has 0 heterocycles. The molecule has 0 aliphatic heterocycles. The van der Waals surface area contributed by atoms with Gasteiger partial charge in [-0.05, 0) is 24.1 Å². The summed E-state index contributed by atoms with van der Waals surface area (Å²) >= 11 is 6.11. The number of hydrogen-bond donors (Lipinski definition) is 0. The van der Waals surface area contributed by atoms with E-state index in [4.69, 9.17) is 16.3 Å². The first-order valence-corrected chi connectivity index (χ1v) is 6.52. The first kappa shape index (κ1) is 14.8. The fourth-order valence-corrected chi connectivity index (χ4v) is 1.85. The lowest BCUT2D eigenvalue weighted by atomic mass is 10.1. The van der Waals surface area contributed by atoms with Gasteiger partial charge in [0.25, 0.3) is 0 Å². The minimum absolute atomic E-state index is 0.0931. The van der Waals surface area contributed by atoms with Gasteiger partial charge in [-0.15, -0.1) is 0 Å². The van der Waals surface area contributed by atoms with Crippen LogP contribution in [0.1, 0.15) is 25.3 Å². The average molecular weight is 270 g/mol. The maximum Gasteiger partial charge on any atom is 0.226 e. The molecule has 0 aromatic heterocycles. The first-order valence-electron chi connectivity index (χ1n) is 6.14. The lowest BCUT2D eigenvalue weighted by Crippen LogP contribution is -2.29. The third-order valence-corrected chi connectivity index (χ3v) is 3.23. The monoisotopic (exact) mass is 269 g/mol. The van der Waals surface area contributed by atoms with Crippen LogP contribution in [-0.2, 0) is 11.2 Å². The molecule has 0 bridgehead atoms. The molecule has 100 valence electrons. The molecule has 0 saturated carbocycles. The second-order valence-electron chi connectivity index (χ2n) is 4.30. The minimum atomic E-state index is 0.0931. The average Bonchev–Trinajstić information content (AvgIpc) is 2.38. The summed E-state index contributed by atoms with van der Waals surface area (Å²) in [4.78, 5) is 13.7. The summed E-state index contributed by atoms with van der Waals surface area (Å²) in [5.41, 5.74) is 0.839. The Morgan fingerprint density at radius 3 is 2.72 bits per heavy atom. The van der Waals surface area contributed by atoms with Crippen molar-refractivity contribution in [3.63, 3.8) is 0 Å². The maximum absolute atomic E-state index is 12.0. The summed E-state index contributed by atoms with van der Waals surface area (Å²) in [5.74, 6) is 0.797. The van der Waals surface area contributed by atoms with Gasteiger partial charge in [-0.25, -0.2) is 0 Å². The van der Waals surface area contributed by atoms with E-state index in [9.17, 15) is 4.79 Å². The van der Waals surface area contributed by atoms with Gasteiger partial charge < -0.3 is 9.64 Å².